The van der Waals surface area contributed by atoms with E-state index in [4.69, 9.17) is 0 Å². The second-order valence-corrected chi connectivity index (χ2v) is 5.83. The number of alkyl halides is 3. The highest BCUT2D eigenvalue weighted by molar-refractivity contribution is 5.90. The Balaban J connectivity index is 0.00000243. The van der Waals surface area contributed by atoms with Gasteiger partial charge in [-0.2, -0.15) is 17.7 Å². The maximum absolute atomic E-state index is 12.7. The van der Waals surface area contributed by atoms with Gasteiger partial charge in [-0.1, -0.05) is 17.7 Å². The molecule has 0 radical (unpaired) electrons. The molecule has 0 bridgehead atoms. The minimum Gasteiger partial charge on any atom is -1.00 e. The van der Waals surface area contributed by atoms with Crippen LogP contribution in [0.15, 0.2) is 60.8 Å². The van der Waals surface area contributed by atoms with Gasteiger partial charge in [-0.05, 0) is 37.3 Å². The van der Waals surface area contributed by atoms with Crippen molar-refractivity contribution in [2.75, 3.05) is 5.32 Å². The van der Waals surface area contributed by atoms with Crippen molar-refractivity contribution in [3.63, 3.8) is 0 Å². The standard InChI is InChI=1S/C19H15F3N2O.BrH/c1-13-7-8-17-14(10-13)4-3-9-24(17)12-18(25)23-16-6-2-5-15(11-16)19(20,21)22;/h2-11H,12H2,1H3;1H. The lowest BCUT2D eigenvalue weighted by Gasteiger charge is -2.09. The molecule has 1 aromatic heterocycles. The molecular weight excluding hydrogens is 409 g/mol. The summed E-state index contributed by atoms with van der Waals surface area (Å²) in [5.74, 6) is -0.391. The number of rotatable bonds is 3. The normalized spacial score (nSPS) is 11.1. The molecule has 1 N–H and O–H groups in total. The first-order chi connectivity index (χ1) is 11.8. The van der Waals surface area contributed by atoms with E-state index in [9.17, 15) is 18.0 Å². The molecule has 136 valence electrons. The number of amides is 1. The second kappa shape index (κ2) is 7.86. The minimum atomic E-state index is -4.44. The summed E-state index contributed by atoms with van der Waals surface area (Å²) in [5.41, 5.74) is 1.32. The van der Waals surface area contributed by atoms with Crippen molar-refractivity contribution in [3.05, 3.63) is 71.9 Å². The van der Waals surface area contributed by atoms with E-state index in [2.05, 4.69) is 5.32 Å². The summed E-state index contributed by atoms with van der Waals surface area (Å²) in [6.45, 7) is 1.99. The van der Waals surface area contributed by atoms with E-state index >= 15 is 0 Å². The first-order valence-corrected chi connectivity index (χ1v) is 7.69. The number of pyridine rings is 1. The number of nitrogens with zero attached hydrogens (tertiary/aromatic N) is 1. The molecule has 0 atom stereocenters. The number of carbonyl (C=O) groups excluding carboxylic acids is 1. The van der Waals surface area contributed by atoms with Crippen LogP contribution in [-0.2, 0) is 17.5 Å². The van der Waals surface area contributed by atoms with Crippen molar-refractivity contribution in [3.8, 4) is 0 Å². The monoisotopic (exact) mass is 424 g/mol. The van der Waals surface area contributed by atoms with Crippen LogP contribution < -0.4 is 26.9 Å². The smallest absolute Gasteiger partial charge is 0.416 e. The number of aryl methyl sites for hydroxylation is 1. The summed E-state index contributed by atoms with van der Waals surface area (Å²) < 4.78 is 40.0. The van der Waals surface area contributed by atoms with E-state index in [1.807, 2.05) is 37.3 Å². The summed E-state index contributed by atoms with van der Waals surface area (Å²) in [4.78, 5) is 12.2. The molecule has 0 aliphatic heterocycles. The highest BCUT2D eigenvalue weighted by atomic mass is 79.9. The van der Waals surface area contributed by atoms with E-state index in [0.29, 0.717) is 0 Å². The van der Waals surface area contributed by atoms with Gasteiger partial charge in [-0.25, -0.2) is 0 Å². The Morgan fingerprint density at radius 3 is 2.58 bits per heavy atom. The number of anilines is 1. The molecule has 0 aliphatic carbocycles. The van der Waals surface area contributed by atoms with Crippen molar-refractivity contribution in [1.82, 2.24) is 0 Å². The second-order valence-electron chi connectivity index (χ2n) is 5.83. The van der Waals surface area contributed by atoms with E-state index < -0.39 is 17.6 Å². The molecule has 0 saturated carbocycles. The van der Waals surface area contributed by atoms with Gasteiger partial charge in [-0.15, -0.1) is 0 Å². The predicted octanol–water partition coefficient (Wildman–Crippen LogP) is 1.10. The van der Waals surface area contributed by atoms with Crippen LogP contribution in [0.5, 0.6) is 0 Å². The Bertz CT molecular complexity index is 941. The van der Waals surface area contributed by atoms with Gasteiger partial charge < -0.3 is 22.3 Å². The van der Waals surface area contributed by atoms with Crippen molar-refractivity contribution in [2.45, 2.75) is 19.6 Å². The number of carbonyl (C=O) groups is 1. The minimum absolute atomic E-state index is 0. The van der Waals surface area contributed by atoms with Gasteiger partial charge in [0.15, 0.2) is 6.20 Å². The summed E-state index contributed by atoms with van der Waals surface area (Å²) in [5, 5.41) is 3.51. The van der Waals surface area contributed by atoms with Crippen LogP contribution in [0.2, 0.25) is 0 Å². The van der Waals surface area contributed by atoms with Gasteiger partial charge in [-0.3, -0.25) is 4.79 Å². The highest BCUT2D eigenvalue weighted by Gasteiger charge is 2.30. The molecule has 26 heavy (non-hydrogen) atoms. The molecular formula is C19H16BrF3N2O. The third-order valence-electron chi connectivity index (χ3n) is 3.82. The first-order valence-electron chi connectivity index (χ1n) is 7.69. The van der Waals surface area contributed by atoms with Crippen LogP contribution in [0, 0.1) is 6.92 Å². The van der Waals surface area contributed by atoms with Crippen LogP contribution >= 0.6 is 0 Å². The van der Waals surface area contributed by atoms with Crippen LogP contribution in [0.4, 0.5) is 18.9 Å². The number of aromatic nitrogens is 1. The van der Waals surface area contributed by atoms with Crippen molar-refractivity contribution < 1.29 is 39.5 Å². The fourth-order valence-electron chi connectivity index (χ4n) is 2.67. The lowest BCUT2D eigenvalue weighted by atomic mass is 10.1. The maximum atomic E-state index is 12.7. The lowest BCUT2D eigenvalue weighted by Crippen LogP contribution is -3.00. The third kappa shape index (κ3) is 4.60. The fourth-order valence-corrected chi connectivity index (χ4v) is 2.67. The Kier molecular flexibility index (Phi) is 6.02. The lowest BCUT2D eigenvalue weighted by molar-refractivity contribution is -0.658. The summed E-state index contributed by atoms with van der Waals surface area (Å²) in [6.07, 6.45) is -2.67. The molecule has 0 saturated heterocycles. The zero-order chi connectivity index (χ0) is 18.0. The molecule has 3 aromatic rings. The Hall–Kier alpha value is -2.41. The van der Waals surface area contributed by atoms with Crippen molar-refractivity contribution in [2.24, 2.45) is 0 Å². The highest BCUT2D eigenvalue weighted by Crippen LogP contribution is 2.30. The van der Waals surface area contributed by atoms with Gasteiger partial charge in [0, 0.05) is 23.2 Å². The van der Waals surface area contributed by atoms with Gasteiger partial charge in [0.1, 0.15) is 0 Å². The summed E-state index contributed by atoms with van der Waals surface area (Å²) in [6, 6.07) is 14.3. The van der Waals surface area contributed by atoms with E-state index in [0.717, 1.165) is 28.6 Å². The number of halogens is 4. The number of nitrogens with one attached hydrogen (secondary N) is 1. The third-order valence-corrected chi connectivity index (χ3v) is 3.82. The number of fused-ring (bicyclic) bond motifs is 1. The Morgan fingerprint density at radius 2 is 1.85 bits per heavy atom. The molecule has 0 aliphatic rings. The molecule has 0 fully saturated rings. The topological polar surface area (TPSA) is 33.0 Å². The summed E-state index contributed by atoms with van der Waals surface area (Å²) >= 11 is 0. The van der Waals surface area contributed by atoms with E-state index in [1.165, 1.54) is 12.1 Å². The van der Waals surface area contributed by atoms with Crippen LogP contribution in [0.25, 0.3) is 10.9 Å². The van der Waals surface area contributed by atoms with Gasteiger partial charge >= 0.3 is 6.18 Å². The Morgan fingerprint density at radius 1 is 1.08 bits per heavy atom. The zero-order valence-corrected chi connectivity index (χ0v) is 15.4. The number of benzene rings is 2. The molecule has 3 rings (SSSR count). The van der Waals surface area contributed by atoms with Crippen LogP contribution in [0.3, 0.4) is 0 Å². The van der Waals surface area contributed by atoms with Crippen molar-refractivity contribution >= 4 is 22.5 Å². The number of hydrogen-bond donors (Lipinski definition) is 1. The molecule has 2 aromatic carbocycles. The SMILES string of the molecule is Cc1ccc2c(ccc[n+]2CC(=O)Nc2cccc(C(F)(F)F)c2)c1.[Br-]. The molecule has 1 amide bonds. The molecule has 3 nitrogen and oxygen atoms in total. The quantitative estimate of drug-likeness (QED) is 0.627. The van der Waals surface area contributed by atoms with E-state index in [-0.39, 0.29) is 29.2 Å². The zero-order valence-electron chi connectivity index (χ0n) is 13.8. The predicted molar refractivity (Wildman–Crippen MR) is 89.0 cm³/mol. The fraction of sp³-hybridized carbons (Fsp3) is 0.158. The summed E-state index contributed by atoms with van der Waals surface area (Å²) in [7, 11) is 0. The van der Waals surface area contributed by atoms with Gasteiger partial charge in [0.25, 0.3) is 5.91 Å². The molecule has 0 unspecified atom stereocenters. The molecule has 0 spiro atoms. The van der Waals surface area contributed by atoms with Crippen LogP contribution in [-0.4, -0.2) is 5.91 Å². The maximum Gasteiger partial charge on any atom is 0.416 e. The van der Waals surface area contributed by atoms with Crippen LogP contribution in [0.1, 0.15) is 11.1 Å². The largest absolute Gasteiger partial charge is 1.00 e. The average molecular weight is 425 g/mol. The average Bonchev–Trinajstić information content (AvgIpc) is 2.54. The molecule has 1 heterocycles. The molecule has 7 heteroatoms. The van der Waals surface area contributed by atoms with Crippen molar-refractivity contribution in [1.29, 1.82) is 0 Å². The first kappa shape index (κ1) is 19.9. The Labute approximate surface area is 159 Å². The van der Waals surface area contributed by atoms with Gasteiger partial charge in [0.05, 0.1) is 5.56 Å². The van der Waals surface area contributed by atoms with E-state index in [1.54, 1.807) is 10.8 Å². The van der Waals surface area contributed by atoms with Gasteiger partial charge in [0.2, 0.25) is 12.1 Å². The number of hydrogen-bond acceptors (Lipinski definition) is 1.